The fraction of sp³-hybridized carbons (Fsp3) is 0.158. The Hall–Kier alpha value is -3.62. The molecule has 2 N–H and O–H groups in total. The van der Waals surface area contributed by atoms with E-state index in [-0.39, 0.29) is 17.2 Å². The van der Waals surface area contributed by atoms with Crippen LogP contribution in [-0.2, 0) is 10.3 Å². The van der Waals surface area contributed by atoms with Gasteiger partial charge in [0.05, 0.1) is 11.9 Å². The van der Waals surface area contributed by atoms with Crippen LogP contribution in [0.25, 0.3) is 11.3 Å². The highest BCUT2D eigenvalue weighted by molar-refractivity contribution is 6.08. The van der Waals surface area contributed by atoms with Crippen LogP contribution >= 0.6 is 0 Å². The number of aliphatic imine (C=N–C) groups is 1. The third-order valence-corrected chi connectivity index (χ3v) is 4.65. The average Bonchev–Trinajstić information content (AvgIpc) is 3.32. The molecule has 1 aliphatic heterocycles. The van der Waals surface area contributed by atoms with Gasteiger partial charge >= 0.3 is 0 Å². The number of oxazole rings is 1. The Kier molecular flexibility index (Phi) is 4.14. The lowest BCUT2D eigenvalue weighted by atomic mass is 9.85. The number of carbonyl (C=O) groups excluding carboxylic acids is 1. The Bertz CT molecular complexity index is 1050. The van der Waals surface area contributed by atoms with Gasteiger partial charge < -0.3 is 10.2 Å². The van der Waals surface area contributed by atoms with Gasteiger partial charge in [-0.2, -0.15) is 0 Å². The Balaban J connectivity index is 1.91. The van der Waals surface area contributed by atoms with Crippen LogP contribution < -0.4 is 5.73 Å². The molecule has 0 fully saturated rings. The molecule has 9 heteroatoms. The topological polar surface area (TPSA) is 97.6 Å². The van der Waals surface area contributed by atoms with Crippen LogP contribution in [0.5, 0.6) is 0 Å². The van der Waals surface area contributed by atoms with Gasteiger partial charge in [0.15, 0.2) is 18.1 Å². The Morgan fingerprint density at radius 2 is 2.04 bits per heavy atom. The number of amides is 1. The number of likely N-dealkylation sites (N-methyl/N-ethyl adjacent to an activating group) is 1. The number of halogens is 2. The van der Waals surface area contributed by atoms with E-state index in [1.807, 2.05) is 0 Å². The van der Waals surface area contributed by atoms with Gasteiger partial charge in [0.25, 0.3) is 12.3 Å². The number of pyridine rings is 1. The summed E-state index contributed by atoms with van der Waals surface area (Å²) < 4.78 is 31.2. The van der Waals surface area contributed by atoms with Gasteiger partial charge in [0, 0.05) is 24.4 Å². The molecule has 1 aromatic carbocycles. The number of nitrogens with two attached hydrogens (primary N) is 1. The summed E-state index contributed by atoms with van der Waals surface area (Å²) in [4.78, 5) is 26.8. The van der Waals surface area contributed by atoms with Crippen molar-refractivity contribution in [1.82, 2.24) is 14.9 Å². The molecule has 28 heavy (non-hydrogen) atoms. The molecule has 3 aromatic rings. The van der Waals surface area contributed by atoms with Crippen LogP contribution in [-0.4, -0.2) is 33.8 Å². The number of benzene rings is 1. The normalized spacial score (nSPS) is 19.4. The Morgan fingerprint density at radius 3 is 2.61 bits per heavy atom. The number of guanidine groups is 1. The molecule has 0 aliphatic carbocycles. The number of hydrogen-bond donors (Lipinski definition) is 1. The molecule has 0 saturated carbocycles. The van der Waals surface area contributed by atoms with E-state index < -0.39 is 17.9 Å². The summed E-state index contributed by atoms with van der Waals surface area (Å²) in [5, 5.41) is 0. The highest BCUT2D eigenvalue weighted by atomic mass is 19.3. The molecular weight excluding hydrogens is 368 g/mol. The second kappa shape index (κ2) is 6.52. The molecule has 3 heterocycles. The fourth-order valence-electron chi connectivity index (χ4n) is 3.15. The van der Waals surface area contributed by atoms with E-state index in [1.165, 1.54) is 30.5 Å². The molecule has 4 rings (SSSR count). The molecule has 1 aliphatic rings. The van der Waals surface area contributed by atoms with E-state index in [4.69, 9.17) is 10.2 Å². The molecule has 0 spiro atoms. The first-order chi connectivity index (χ1) is 13.4. The zero-order valence-corrected chi connectivity index (χ0v) is 14.7. The van der Waals surface area contributed by atoms with Crippen LogP contribution in [0.4, 0.5) is 8.78 Å². The van der Waals surface area contributed by atoms with Crippen molar-refractivity contribution in [3.63, 3.8) is 0 Å². The summed E-state index contributed by atoms with van der Waals surface area (Å²) in [5.41, 5.74) is 5.45. The zero-order chi connectivity index (χ0) is 19.9. The molecule has 142 valence electrons. The van der Waals surface area contributed by atoms with E-state index in [1.54, 1.807) is 30.5 Å². The van der Waals surface area contributed by atoms with E-state index in [0.717, 1.165) is 6.20 Å². The van der Waals surface area contributed by atoms with Gasteiger partial charge in [0.2, 0.25) is 5.54 Å². The van der Waals surface area contributed by atoms with Crippen molar-refractivity contribution in [2.45, 2.75) is 12.0 Å². The van der Waals surface area contributed by atoms with Gasteiger partial charge in [-0.1, -0.05) is 18.2 Å². The SMILES string of the molecule is CN1C(=O)C(c2cccc(-c3cnco3)c2)(c2ccc(C(F)F)cn2)N=C1N. The number of rotatable bonds is 4. The largest absolute Gasteiger partial charge is 0.444 e. The van der Waals surface area contributed by atoms with Crippen molar-refractivity contribution in [3.05, 3.63) is 72.0 Å². The molecule has 0 radical (unpaired) electrons. The third kappa shape index (κ3) is 2.63. The fourth-order valence-corrected chi connectivity index (χ4v) is 3.15. The van der Waals surface area contributed by atoms with Gasteiger partial charge in [-0.15, -0.1) is 0 Å². The first kappa shape index (κ1) is 17.8. The summed E-state index contributed by atoms with van der Waals surface area (Å²) in [6, 6.07) is 9.55. The number of alkyl halides is 2. The second-order valence-electron chi connectivity index (χ2n) is 6.27. The van der Waals surface area contributed by atoms with Crippen molar-refractivity contribution >= 4 is 11.9 Å². The van der Waals surface area contributed by atoms with Crippen molar-refractivity contribution in [3.8, 4) is 11.3 Å². The lowest BCUT2D eigenvalue weighted by Crippen LogP contribution is -2.41. The number of carbonyl (C=O) groups is 1. The molecule has 0 bridgehead atoms. The first-order valence-electron chi connectivity index (χ1n) is 8.31. The van der Waals surface area contributed by atoms with Gasteiger partial charge in [-0.25, -0.2) is 18.8 Å². The van der Waals surface area contributed by atoms with E-state index in [9.17, 15) is 13.6 Å². The standard InChI is InChI=1S/C19H15F2N5O2/c1-26-17(27)19(25-18(26)22,15-6-5-12(8-24-15)16(20)21)13-4-2-3-11(7-13)14-9-23-10-28-14/h2-10,16H,1H3,(H2,22,25). The lowest BCUT2D eigenvalue weighted by molar-refractivity contribution is -0.129. The lowest BCUT2D eigenvalue weighted by Gasteiger charge is -2.25. The van der Waals surface area contributed by atoms with Crippen molar-refractivity contribution in [2.24, 2.45) is 10.7 Å². The minimum Gasteiger partial charge on any atom is -0.444 e. The maximum atomic E-state index is 13.2. The quantitative estimate of drug-likeness (QED) is 0.747. The highest BCUT2D eigenvalue weighted by Crippen LogP contribution is 2.39. The van der Waals surface area contributed by atoms with Gasteiger partial charge in [-0.3, -0.25) is 14.7 Å². The van der Waals surface area contributed by atoms with Crippen LogP contribution in [0.1, 0.15) is 23.2 Å². The van der Waals surface area contributed by atoms with Crippen LogP contribution in [0.3, 0.4) is 0 Å². The molecular formula is C19H15F2N5O2. The van der Waals surface area contributed by atoms with Gasteiger partial charge in [0.1, 0.15) is 0 Å². The monoisotopic (exact) mass is 383 g/mol. The summed E-state index contributed by atoms with van der Waals surface area (Å²) in [7, 11) is 1.50. The molecule has 1 amide bonds. The van der Waals surface area contributed by atoms with Crippen molar-refractivity contribution in [1.29, 1.82) is 0 Å². The number of aromatic nitrogens is 2. The molecule has 1 unspecified atom stereocenters. The van der Waals surface area contributed by atoms with E-state index in [2.05, 4.69) is 15.0 Å². The first-order valence-corrected chi connectivity index (χ1v) is 8.31. The van der Waals surface area contributed by atoms with E-state index >= 15 is 0 Å². The highest BCUT2D eigenvalue weighted by Gasteiger charge is 2.50. The maximum Gasteiger partial charge on any atom is 0.267 e. The molecule has 0 saturated heterocycles. The molecule has 7 nitrogen and oxygen atoms in total. The van der Waals surface area contributed by atoms with Crippen molar-refractivity contribution < 1.29 is 18.0 Å². The third-order valence-electron chi connectivity index (χ3n) is 4.65. The minimum absolute atomic E-state index is 0.00908. The summed E-state index contributed by atoms with van der Waals surface area (Å²) in [6.07, 6.45) is 1.22. The van der Waals surface area contributed by atoms with Crippen LogP contribution in [0, 0.1) is 0 Å². The smallest absolute Gasteiger partial charge is 0.267 e. The predicted molar refractivity (Wildman–Crippen MR) is 96.3 cm³/mol. The predicted octanol–water partition coefficient (Wildman–Crippen LogP) is 2.70. The summed E-state index contributed by atoms with van der Waals surface area (Å²) >= 11 is 0. The number of hydrogen-bond acceptors (Lipinski definition) is 6. The Labute approximate surface area is 158 Å². The Morgan fingerprint density at radius 1 is 1.21 bits per heavy atom. The summed E-state index contributed by atoms with van der Waals surface area (Å²) in [6.45, 7) is 0. The van der Waals surface area contributed by atoms with Crippen molar-refractivity contribution in [2.75, 3.05) is 7.05 Å². The average molecular weight is 383 g/mol. The minimum atomic E-state index is -2.66. The van der Waals surface area contributed by atoms with Gasteiger partial charge in [-0.05, 0) is 23.8 Å². The maximum absolute atomic E-state index is 13.2. The molecule has 1 atom stereocenters. The van der Waals surface area contributed by atoms with Crippen LogP contribution in [0.15, 0.2) is 64.6 Å². The van der Waals surface area contributed by atoms with E-state index in [0.29, 0.717) is 16.9 Å². The molecule has 2 aromatic heterocycles. The van der Waals surface area contributed by atoms with Crippen LogP contribution in [0.2, 0.25) is 0 Å². The summed E-state index contributed by atoms with van der Waals surface area (Å²) in [5.74, 6) is 0.0839. The second-order valence-corrected chi connectivity index (χ2v) is 6.27. The zero-order valence-electron chi connectivity index (χ0n) is 14.7. The number of nitrogens with zero attached hydrogens (tertiary/aromatic N) is 4.